The molecule has 0 aliphatic rings. The molecule has 5 rings (SSSR count). The maximum Gasteiger partial charge on any atom is 0.381 e. The van der Waals surface area contributed by atoms with Crippen molar-refractivity contribution >= 4 is 38.2 Å². The normalized spacial score (nSPS) is 11.4. The number of aromatic nitrogens is 3. The maximum atomic E-state index is 5.06. The Balaban J connectivity index is 1.55. The number of benzene rings is 3. The molecular formula is C30H35N6S+. The van der Waals surface area contributed by atoms with E-state index in [2.05, 4.69) is 139 Å². The van der Waals surface area contributed by atoms with Gasteiger partial charge in [0, 0.05) is 30.1 Å². The first kappa shape index (κ1) is 24.8. The fraction of sp³-hybridized carbons (Fsp3) is 0.267. The Labute approximate surface area is 223 Å². The molecule has 0 saturated heterocycles. The molecule has 0 amide bonds. The number of para-hydroxylation sites is 1. The van der Waals surface area contributed by atoms with E-state index in [4.69, 9.17) is 5.10 Å². The van der Waals surface area contributed by atoms with E-state index in [-0.39, 0.29) is 0 Å². The standard InChI is InChI=1S/C30H34N6S/c1-21(2)36(22(3)4)30-33-35(20-23-14-8-6-9-15-23)29(37-30)32-31-27-25-18-12-13-19-26(25)34(5)28(27)24-16-10-7-11-17-24/h6-19,21-22,31H,20H2,1-5H3/p+1. The van der Waals surface area contributed by atoms with E-state index >= 15 is 0 Å². The molecule has 2 N–H and O–H groups in total. The summed E-state index contributed by atoms with van der Waals surface area (Å²) in [6.07, 6.45) is 0. The van der Waals surface area contributed by atoms with Crippen molar-refractivity contribution in [3.05, 3.63) is 90.5 Å². The number of fused-ring (bicyclic) bond motifs is 1. The van der Waals surface area contributed by atoms with Gasteiger partial charge in [-0.15, -0.1) is 4.68 Å². The predicted octanol–water partition coefficient (Wildman–Crippen LogP) is 6.70. The Kier molecular flexibility index (Phi) is 7.15. The topological polar surface area (TPSA) is 49.0 Å². The average molecular weight is 512 g/mol. The molecule has 0 bridgehead atoms. The van der Waals surface area contributed by atoms with Crippen molar-refractivity contribution in [1.82, 2.24) is 9.67 Å². The monoisotopic (exact) mass is 511 g/mol. The molecule has 190 valence electrons. The molecule has 0 unspecified atom stereocenters. The molecule has 3 aromatic carbocycles. The van der Waals surface area contributed by atoms with Gasteiger partial charge in [-0.3, -0.25) is 0 Å². The van der Waals surface area contributed by atoms with Crippen LogP contribution in [0, 0.1) is 0 Å². The summed E-state index contributed by atoms with van der Waals surface area (Å²) in [5.74, 6) is 0. The molecule has 0 aliphatic carbocycles. The third-order valence-corrected chi connectivity index (χ3v) is 7.57. The number of hydrogen-bond acceptors (Lipinski definition) is 5. The van der Waals surface area contributed by atoms with Crippen LogP contribution in [0.15, 0.2) is 84.9 Å². The van der Waals surface area contributed by atoms with Gasteiger partial charge in [0.15, 0.2) is 0 Å². The lowest BCUT2D eigenvalue weighted by molar-refractivity contribution is -0.727. The molecule has 6 nitrogen and oxygen atoms in total. The minimum Gasteiger partial charge on any atom is -0.342 e. The average Bonchev–Trinajstić information content (AvgIpc) is 3.41. The van der Waals surface area contributed by atoms with Crippen LogP contribution in [0.1, 0.15) is 33.3 Å². The Morgan fingerprint density at radius 1 is 0.838 bits per heavy atom. The zero-order chi connectivity index (χ0) is 25.9. The molecule has 2 heterocycles. The van der Waals surface area contributed by atoms with Crippen molar-refractivity contribution < 1.29 is 4.68 Å². The first-order chi connectivity index (χ1) is 17.9. The molecule has 0 aliphatic heterocycles. The number of rotatable bonds is 9. The second-order valence-corrected chi connectivity index (χ2v) is 10.8. The van der Waals surface area contributed by atoms with Crippen LogP contribution in [-0.2, 0) is 13.6 Å². The van der Waals surface area contributed by atoms with Crippen molar-refractivity contribution in [3.8, 4) is 11.3 Å². The smallest absolute Gasteiger partial charge is 0.342 e. The highest BCUT2D eigenvalue weighted by molar-refractivity contribution is 7.18. The molecule has 0 spiro atoms. The molecule has 2 aromatic heterocycles. The lowest BCUT2D eigenvalue weighted by Gasteiger charge is -2.29. The van der Waals surface area contributed by atoms with Crippen LogP contribution in [0.4, 0.5) is 16.0 Å². The van der Waals surface area contributed by atoms with Crippen molar-refractivity contribution in [2.75, 3.05) is 15.8 Å². The van der Waals surface area contributed by atoms with Crippen LogP contribution >= 0.6 is 11.3 Å². The van der Waals surface area contributed by atoms with Gasteiger partial charge in [-0.25, -0.2) is 5.43 Å². The van der Waals surface area contributed by atoms with Gasteiger partial charge in [0.1, 0.15) is 12.2 Å². The Morgan fingerprint density at radius 3 is 2.14 bits per heavy atom. The summed E-state index contributed by atoms with van der Waals surface area (Å²) in [4.78, 5) is 2.37. The number of hydrogen-bond donors (Lipinski definition) is 2. The second-order valence-electron chi connectivity index (χ2n) is 9.84. The summed E-state index contributed by atoms with van der Waals surface area (Å²) >= 11 is 1.67. The van der Waals surface area contributed by atoms with Gasteiger partial charge < -0.3 is 9.47 Å². The fourth-order valence-electron chi connectivity index (χ4n) is 4.97. The van der Waals surface area contributed by atoms with Crippen molar-refractivity contribution in [1.29, 1.82) is 0 Å². The van der Waals surface area contributed by atoms with Crippen LogP contribution < -0.4 is 20.4 Å². The summed E-state index contributed by atoms with van der Waals surface area (Å²) in [6.45, 7) is 9.56. The van der Waals surface area contributed by atoms with E-state index in [0.29, 0.717) is 18.6 Å². The van der Waals surface area contributed by atoms with Gasteiger partial charge >= 0.3 is 5.13 Å². The van der Waals surface area contributed by atoms with E-state index in [1.165, 1.54) is 22.0 Å². The van der Waals surface area contributed by atoms with E-state index in [1.807, 2.05) is 6.07 Å². The molecular weight excluding hydrogens is 476 g/mol. The Morgan fingerprint density at radius 2 is 1.46 bits per heavy atom. The fourth-order valence-corrected chi connectivity index (χ4v) is 6.13. The minimum absolute atomic E-state index is 0.347. The molecule has 37 heavy (non-hydrogen) atoms. The Hall–Kier alpha value is -3.84. The van der Waals surface area contributed by atoms with Gasteiger partial charge in [0.25, 0.3) is 0 Å². The quantitative estimate of drug-likeness (QED) is 0.171. The summed E-state index contributed by atoms with van der Waals surface area (Å²) in [5, 5.41) is 8.19. The zero-order valence-corrected chi connectivity index (χ0v) is 23.0. The summed E-state index contributed by atoms with van der Waals surface area (Å²) in [5.41, 5.74) is 12.9. The van der Waals surface area contributed by atoms with Crippen LogP contribution in [-0.4, -0.2) is 21.7 Å². The predicted molar refractivity (Wildman–Crippen MR) is 156 cm³/mol. The van der Waals surface area contributed by atoms with Gasteiger partial charge in [0.2, 0.25) is 5.13 Å². The van der Waals surface area contributed by atoms with Crippen molar-refractivity contribution in [3.63, 3.8) is 0 Å². The molecule has 0 atom stereocenters. The number of aryl methyl sites for hydroxylation is 1. The highest BCUT2D eigenvalue weighted by Gasteiger charge is 2.26. The van der Waals surface area contributed by atoms with Crippen molar-refractivity contribution in [2.24, 2.45) is 7.05 Å². The van der Waals surface area contributed by atoms with Gasteiger partial charge in [-0.1, -0.05) is 84.0 Å². The molecule has 7 heteroatoms. The molecule has 5 aromatic rings. The van der Waals surface area contributed by atoms with Gasteiger partial charge in [-0.05, 0) is 50.7 Å². The lowest BCUT2D eigenvalue weighted by Crippen LogP contribution is -2.42. The molecule has 0 saturated carbocycles. The largest absolute Gasteiger partial charge is 0.381 e. The second kappa shape index (κ2) is 10.6. The first-order valence-electron chi connectivity index (χ1n) is 12.8. The molecule has 0 fully saturated rings. The number of nitrogens with zero attached hydrogens (tertiary/aromatic N) is 4. The zero-order valence-electron chi connectivity index (χ0n) is 22.1. The number of nitrogens with one attached hydrogen (secondary N) is 2. The Bertz CT molecular complexity index is 1460. The SMILES string of the molecule is CC(C)N(c1n[n+](Cc2ccccc2)c(NNc2c(-c3ccccc3)n(C)c3ccccc23)s1)C(C)C. The lowest BCUT2D eigenvalue weighted by atomic mass is 10.1. The maximum absolute atomic E-state index is 5.06. The van der Waals surface area contributed by atoms with E-state index in [1.54, 1.807) is 11.3 Å². The van der Waals surface area contributed by atoms with Crippen LogP contribution in [0.3, 0.4) is 0 Å². The van der Waals surface area contributed by atoms with Crippen LogP contribution in [0.2, 0.25) is 0 Å². The van der Waals surface area contributed by atoms with Crippen LogP contribution in [0.5, 0.6) is 0 Å². The van der Waals surface area contributed by atoms with Gasteiger partial charge in [0.05, 0.1) is 11.2 Å². The third-order valence-electron chi connectivity index (χ3n) is 6.59. The highest BCUT2D eigenvalue weighted by Crippen LogP contribution is 2.37. The summed E-state index contributed by atoms with van der Waals surface area (Å²) in [7, 11) is 2.12. The molecule has 0 radical (unpaired) electrons. The van der Waals surface area contributed by atoms with Gasteiger partial charge in [-0.2, -0.15) is 5.43 Å². The van der Waals surface area contributed by atoms with E-state index in [9.17, 15) is 0 Å². The highest BCUT2D eigenvalue weighted by atomic mass is 32.1. The van der Waals surface area contributed by atoms with E-state index < -0.39 is 0 Å². The first-order valence-corrected chi connectivity index (χ1v) is 13.6. The number of anilines is 3. The number of hydrazine groups is 1. The minimum atomic E-state index is 0.347. The van der Waals surface area contributed by atoms with Crippen molar-refractivity contribution in [2.45, 2.75) is 46.3 Å². The summed E-state index contributed by atoms with van der Waals surface area (Å²) in [6, 6.07) is 30.2. The third kappa shape index (κ3) is 5.04. The van der Waals surface area contributed by atoms with Crippen LogP contribution in [0.25, 0.3) is 22.2 Å². The summed E-state index contributed by atoms with van der Waals surface area (Å²) < 4.78 is 4.32. The van der Waals surface area contributed by atoms with E-state index in [0.717, 1.165) is 21.6 Å².